The van der Waals surface area contributed by atoms with Gasteiger partial charge in [-0.3, -0.25) is 0 Å². The summed E-state index contributed by atoms with van der Waals surface area (Å²) >= 11 is 4.66. The fraction of sp³-hybridized carbons (Fsp3) is 0.500. The Morgan fingerprint density at radius 2 is 1.67 bits per heavy atom. The van der Waals surface area contributed by atoms with Crippen molar-refractivity contribution in [1.29, 1.82) is 0 Å². The van der Waals surface area contributed by atoms with E-state index in [9.17, 15) is 14.7 Å². The van der Waals surface area contributed by atoms with Crippen molar-refractivity contribution in [3.8, 4) is 0 Å². The number of nitrogens with zero attached hydrogens (tertiary/aromatic N) is 2. The molecular formula is C6H12N2Na2O4S. The molecule has 0 aromatic heterocycles. The van der Waals surface area contributed by atoms with E-state index in [2.05, 4.69) is 12.2 Å². The number of amides is 2. The van der Waals surface area contributed by atoms with Gasteiger partial charge in [0.15, 0.2) is 0 Å². The van der Waals surface area contributed by atoms with E-state index < -0.39 is 16.7 Å². The molecule has 0 bridgehead atoms. The van der Waals surface area contributed by atoms with Gasteiger partial charge in [-0.2, -0.15) is 0 Å². The zero-order valence-corrected chi connectivity index (χ0v) is 8.29. The number of carbonyl (C=O) groups excluding carboxylic acids is 1. The molecule has 2 amide bonds. The van der Waals surface area contributed by atoms with Crippen molar-refractivity contribution in [3.63, 3.8) is 0 Å². The van der Waals surface area contributed by atoms with Crippen LogP contribution in [0.15, 0.2) is 0 Å². The molecule has 0 rings (SSSR count). The van der Waals surface area contributed by atoms with Crippen LogP contribution in [0.25, 0.3) is 0 Å². The Hall–Kier alpha value is 0.790. The van der Waals surface area contributed by atoms with Gasteiger partial charge in [0, 0.05) is 19.3 Å². The van der Waals surface area contributed by atoms with E-state index in [4.69, 9.17) is 5.11 Å². The van der Waals surface area contributed by atoms with E-state index in [1.165, 1.54) is 21.1 Å². The first-order valence-corrected chi connectivity index (χ1v) is 3.68. The van der Waals surface area contributed by atoms with Gasteiger partial charge >= 0.3 is 65.2 Å². The first kappa shape index (κ1) is 21.1. The summed E-state index contributed by atoms with van der Waals surface area (Å²) in [6, 6.07) is 0. The van der Waals surface area contributed by atoms with Gasteiger partial charge in [-0.1, -0.05) is 0 Å². The van der Waals surface area contributed by atoms with Crippen LogP contribution in [0, 0.1) is 0 Å². The second-order valence-electron chi connectivity index (χ2n) is 2.84. The third-order valence-electron chi connectivity index (χ3n) is 1.51. The summed E-state index contributed by atoms with van der Waals surface area (Å²) in [5.74, 6) is 0. The van der Waals surface area contributed by atoms with Gasteiger partial charge in [-0.15, -0.1) is 0 Å². The molecule has 9 heteroatoms. The minimum atomic E-state index is -1.46. The van der Waals surface area contributed by atoms with Crippen molar-refractivity contribution < 1.29 is 24.3 Å². The summed E-state index contributed by atoms with van der Waals surface area (Å²) in [7, 11) is 3.64. The Kier molecular flexibility index (Phi) is 11.2. The van der Waals surface area contributed by atoms with E-state index in [-0.39, 0.29) is 64.2 Å². The van der Waals surface area contributed by atoms with Crippen molar-refractivity contribution in [2.45, 2.75) is 0 Å². The Balaban J connectivity index is -0.000000720. The van der Waals surface area contributed by atoms with Crippen LogP contribution < -0.4 is 5.11 Å². The van der Waals surface area contributed by atoms with Gasteiger partial charge in [0.05, 0.1) is 14.1 Å². The average Bonchev–Trinajstić information content (AvgIpc) is 2.01. The number of carboxylic acid groups (broad SMARTS) is 2. The Labute approximate surface area is 137 Å². The van der Waals surface area contributed by atoms with Crippen LogP contribution >= 0.6 is 12.2 Å². The zero-order valence-electron chi connectivity index (χ0n) is 7.47. The molecule has 0 fully saturated rings. The van der Waals surface area contributed by atoms with Crippen molar-refractivity contribution in [3.05, 3.63) is 0 Å². The van der Waals surface area contributed by atoms with Gasteiger partial charge < -0.3 is 15.0 Å². The van der Waals surface area contributed by atoms with E-state index in [1.54, 1.807) is 0 Å². The summed E-state index contributed by atoms with van der Waals surface area (Å²) in [4.78, 5) is 21.6. The molecule has 0 aromatic rings. The van der Waals surface area contributed by atoms with Crippen molar-refractivity contribution in [1.82, 2.24) is 4.90 Å². The molecular weight excluding hydrogens is 242 g/mol. The average molecular weight is 254 g/mol. The molecule has 0 radical (unpaired) electrons. The molecule has 15 heavy (non-hydrogen) atoms. The Bertz CT molecular complexity index is 272. The third kappa shape index (κ3) is 5.60. The maximum absolute atomic E-state index is 10.5. The molecule has 0 unspecified atom stereocenters. The number of quaternary nitrogens is 1. The second-order valence-corrected chi connectivity index (χ2v) is 3.21. The van der Waals surface area contributed by atoms with Crippen molar-refractivity contribution >= 4 is 88.6 Å². The topological polar surface area (TPSA) is 80.7 Å². The normalized spacial score (nSPS) is 9.27. The molecule has 0 atom stereocenters. The summed E-state index contributed by atoms with van der Waals surface area (Å²) in [6.45, 7) is 0. The molecule has 0 aromatic carbocycles. The van der Waals surface area contributed by atoms with Crippen LogP contribution in [0.4, 0.5) is 9.59 Å². The van der Waals surface area contributed by atoms with Gasteiger partial charge in [0.25, 0.3) is 11.2 Å². The summed E-state index contributed by atoms with van der Waals surface area (Å²) in [5.41, 5.74) is 0. The van der Waals surface area contributed by atoms with Gasteiger partial charge in [0.2, 0.25) is 0 Å². The van der Waals surface area contributed by atoms with Crippen LogP contribution in [-0.4, -0.2) is 112 Å². The Morgan fingerprint density at radius 3 is 1.87 bits per heavy atom. The Morgan fingerprint density at radius 1 is 1.33 bits per heavy atom. The van der Waals surface area contributed by atoms with E-state index in [0.717, 1.165) is 0 Å². The molecule has 0 aliphatic heterocycles. The van der Waals surface area contributed by atoms with Gasteiger partial charge in [-0.05, 0) is 0 Å². The SMILES string of the molecule is CN(C(=O)O)C(=S)[N+](C)(C)C(=O)[O-].[NaH].[NaH]. The van der Waals surface area contributed by atoms with Gasteiger partial charge in [-0.25, -0.2) is 14.2 Å². The quantitative estimate of drug-likeness (QED) is 0.307. The number of thiocarbonyl (C=S) groups is 1. The second kappa shape index (κ2) is 7.97. The minimum absolute atomic E-state index is 0. The maximum atomic E-state index is 10.5. The van der Waals surface area contributed by atoms with Crippen LogP contribution in [0.1, 0.15) is 0 Å². The molecule has 0 spiro atoms. The molecule has 0 aliphatic rings. The monoisotopic (exact) mass is 254 g/mol. The molecule has 0 saturated carbocycles. The van der Waals surface area contributed by atoms with Gasteiger partial charge in [0.1, 0.15) is 0 Å². The van der Waals surface area contributed by atoms with Crippen LogP contribution in [-0.2, 0) is 0 Å². The predicted octanol–water partition coefficient (Wildman–Crippen LogP) is -2.00. The molecule has 1 N–H and O–H groups in total. The van der Waals surface area contributed by atoms with Crippen molar-refractivity contribution in [2.75, 3.05) is 21.1 Å². The number of rotatable bonds is 0. The molecule has 6 nitrogen and oxygen atoms in total. The number of carbonyl (C=O) groups is 2. The first-order chi connectivity index (χ1) is 5.71. The number of hydrogen-bond donors (Lipinski definition) is 1. The standard InChI is InChI=1S/C6H10N2O4S.2Na.2H/c1-7(5(9)10)4(13)8(2,3)6(11)12;;;;/h1-3H3,(H-,9,10,11,12);;;;. The van der Waals surface area contributed by atoms with Crippen LogP contribution in [0.2, 0.25) is 0 Å². The van der Waals surface area contributed by atoms with Crippen molar-refractivity contribution in [2.24, 2.45) is 0 Å². The van der Waals surface area contributed by atoms with E-state index in [0.29, 0.717) is 4.90 Å². The molecule has 0 saturated heterocycles. The summed E-state index contributed by atoms with van der Waals surface area (Å²) in [6.07, 6.45) is -2.77. The molecule has 78 valence electrons. The summed E-state index contributed by atoms with van der Waals surface area (Å²) in [5, 5.41) is 18.8. The van der Waals surface area contributed by atoms with E-state index in [1.807, 2.05) is 0 Å². The molecule has 0 aliphatic carbocycles. The van der Waals surface area contributed by atoms with E-state index >= 15 is 0 Å². The predicted molar refractivity (Wildman–Crippen MR) is 60.2 cm³/mol. The van der Waals surface area contributed by atoms with Crippen LogP contribution in [0.5, 0.6) is 0 Å². The van der Waals surface area contributed by atoms with Crippen LogP contribution in [0.3, 0.4) is 0 Å². The fourth-order valence-corrected chi connectivity index (χ4v) is 0.688. The third-order valence-corrected chi connectivity index (χ3v) is 2.24. The number of hydrogen-bond acceptors (Lipinski definition) is 4. The first-order valence-electron chi connectivity index (χ1n) is 3.28. The molecule has 0 heterocycles. The fourth-order valence-electron chi connectivity index (χ4n) is 0.535. The zero-order chi connectivity index (χ0) is 10.8. The summed E-state index contributed by atoms with van der Waals surface area (Å²) < 4.78 is -0.794.